The second-order valence-corrected chi connectivity index (χ2v) is 14.5. The van der Waals surface area contributed by atoms with Crippen LogP contribution in [0.25, 0.3) is 39.5 Å². The molecule has 0 heterocycles. The molecule has 1 nitrogen and oxygen atoms in total. The molecule has 1 heteroatoms. The Bertz CT molecular complexity index is 2250. The average molecular weight is 606 g/mol. The van der Waals surface area contributed by atoms with E-state index in [4.69, 9.17) is 0 Å². The predicted molar refractivity (Wildman–Crippen MR) is 199 cm³/mol. The molecule has 0 bridgehead atoms. The van der Waals surface area contributed by atoms with E-state index in [0.717, 1.165) is 18.5 Å². The summed E-state index contributed by atoms with van der Waals surface area (Å²) < 4.78 is 0. The summed E-state index contributed by atoms with van der Waals surface area (Å²) >= 11 is 0. The molecule has 0 radical (unpaired) electrons. The third-order valence-electron chi connectivity index (χ3n) is 11.1. The monoisotopic (exact) mass is 605 g/mol. The molecule has 9 rings (SSSR count). The van der Waals surface area contributed by atoms with E-state index < -0.39 is 0 Å². The van der Waals surface area contributed by atoms with E-state index in [1.807, 2.05) is 0 Å². The summed E-state index contributed by atoms with van der Waals surface area (Å²) in [5, 5.41) is 0. The molecule has 0 amide bonds. The van der Waals surface area contributed by atoms with Crippen LogP contribution in [0.2, 0.25) is 0 Å². The maximum Gasteiger partial charge on any atom is 0.0468 e. The van der Waals surface area contributed by atoms with Gasteiger partial charge in [0.1, 0.15) is 0 Å². The van der Waals surface area contributed by atoms with Crippen LogP contribution in [0.15, 0.2) is 133 Å². The number of fused-ring (bicyclic) bond motifs is 7. The Morgan fingerprint density at radius 2 is 1.11 bits per heavy atom. The molecule has 3 aliphatic rings. The summed E-state index contributed by atoms with van der Waals surface area (Å²) in [7, 11) is 0. The first kappa shape index (κ1) is 28.1. The third kappa shape index (κ3) is 4.22. The Morgan fingerprint density at radius 3 is 1.96 bits per heavy atom. The largest absolute Gasteiger partial charge is 0.310 e. The van der Waals surface area contributed by atoms with Crippen LogP contribution in [0.3, 0.4) is 0 Å². The number of allylic oxidation sites excluding steroid dienone is 1. The predicted octanol–water partition coefficient (Wildman–Crippen LogP) is 12.4. The number of nitrogens with zero attached hydrogens (tertiary/aromatic N) is 1. The fourth-order valence-corrected chi connectivity index (χ4v) is 8.54. The Kier molecular flexibility index (Phi) is 6.09. The van der Waals surface area contributed by atoms with E-state index in [0.29, 0.717) is 0 Å². The molecule has 0 aromatic heterocycles. The van der Waals surface area contributed by atoms with Crippen LogP contribution in [0.1, 0.15) is 67.5 Å². The highest BCUT2D eigenvalue weighted by Crippen LogP contribution is 2.53. The highest BCUT2D eigenvalue weighted by atomic mass is 15.1. The molecule has 6 aromatic rings. The SMILES string of the molecule is CC1(C)c2ccccc2-c2ccc(N(c3cccc(-c4ccccc4)c3)c3ccc4c(c3)-c3cc5c(cc3C4(C)C)CCC=C5)cc21. The third-order valence-corrected chi connectivity index (χ3v) is 11.1. The van der Waals surface area contributed by atoms with E-state index in [9.17, 15) is 0 Å². The van der Waals surface area contributed by atoms with Gasteiger partial charge < -0.3 is 4.90 Å². The lowest BCUT2D eigenvalue weighted by molar-refractivity contribution is 0.659. The maximum absolute atomic E-state index is 2.50. The maximum atomic E-state index is 2.50. The van der Waals surface area contributed by atoms with Gasteiger partial charge in [-0.25, -0.2) is 0 Å². The number of aryl methyl sites for hydroxylation is 1. The lowest BCUT2D eigenvalue weighted by atomic mass is 9.80. The quantitative estimate of drug-likeness (QED) is 0.193. The zero-order valence-electron chi connectivity index (χ0n) is 27.6. The molecule has 0 N–H and O–H groups in total. The van der Waals surface area contributed by atoms with Gasteiger partial charge >= 0.3 is 0 Å². The second kappa shape index (κ2) is 10.2. The van der Waals surface area contributed by atoms with Crippen LogP contribution < -0.4 is 4.90 Å². The van der Waals surface area contributed by atoms with Crippen LogP contribution >= 0.6 is 0 Å². The molecule has 0 saturated heterocycles. The summed E-state index contributed by atoms with van der Waals surface area (Å²) in [6.45, 7) is 9.52. The minimum absolute atomic E-state index is 0.0409. The van der Waals surface area contributed by atoms with Crippen molar-refractivity contribution in [2.45, 2.75) is 51.4 Å². The van der Waals surface area contributed by atoms with Gasteiger partial charge in [-0.15, -0.1) is 0 Å². The Hall–Kier alpha value is -5.14. The number of hydrogen-bond acceptors (Lipinski definition) is 1. The van der Waals surface area contributed by atoms with E-state index in [1.165, 1.54) is 78.1 Å². The van der Waals surface area contributed by atoms with Gasteiger partial charge in [-0.3, -0.25) is 0 Å². The van der Waals surface area contributed by atoms with Gasteiger partial charge in [0.25, 0.3) is 0 Å². The van der Waals surface area contributed by atoms with Crippen molar-refractivity contribution in [1.29, 1.82) is 0 Å². The van der Waals surface area contributed by atoms with Crippen molar-refractivity contribution < 1.29 is 0 Å². The molecule has 228 valence electrons. The highest BCUT2D eigenvalue weighted by molar-refractivity contribution is 5.90. The van der Waals surface area contributed by atoms with Crippen molar-refractivity contribution in [3.05, 3.63) is 167 Å². The van der Waals surface area contributed by atoms with Crippen molar-refractivity contribution in [3.63, 3.8) is 0 Å². The van der Waals surface area contributed by atoms with Crippen molar-refractivity contribution >= 4 is 23.1 Å². The fourth-order valence-electron chi connectivity index (χ4n) is 8.54. The molecule has 0 atom stereocenters. The highest BCUT2D eigenvalue weighted by Gasteiger charge is 2.38. The summed E-state index contributed by atoms with van der Waals surface area (Å²) in [5.41, 5.74) is 19.8. The Morgan fingerprint density at radius 1 is 0.468 bits per heavy atom. The molecule has 0 saturated carbocycles. The summed E-state index contributed by atoms with van der Waals surface area (Å²) in [6.07, 6.45) is 6.89. The van der Waals surface area contributed by atoms with Crippen molar-refractivity contribution in [1.82, 2.24) is 0 Å². The van der Waals surface area contributed by atoms with Crippen LogP contribution in [0, 0.1) is 0 Å². The Labute approximate surface area is 278 Å². The van der Waals surface area contributed by atoms with Gasteiger partial charge in [0.15, 0.2) is 0 Å². The smallest absolute Gasteiger partial charge is 0.0468 e. The minimum Gasteiger partial charge on any atom is -0.310 e. The molecule has 0 spiro atoms. The normalized spacial score (nSPS) is 15.7. The minimum atomic E-state index is -0.0764. The number of hydrogen-bond donors (Lipinski definition) is 0. The molecule has 0 aliphatic heterocycles. The lowest BCUT2D eigenvalue weighted by Gasteiger charge is -2.29. The van der Waals surface area contributed by atoms with Gasteiger partial charge in [0.05, 0.1) is 0 Å². The first-order chi connectivity index (χ1) is 22.8. The van der Waals surface area contributed by atoms with Crippen LogP contribution in [0.5, 0.6) is 0 Å². The fraction of sp³-hybridized carbons (Fsp3) is 0.174. The first-order valence-corrected chi connectivity index (χ1v) is 17.0. The molecule has 6 aromatic carbocycles. The van der Waals surface area contributed by atoms with E-state index in [-0.39, 0.29) is 10.8 Å². The zero-order valence-corrected chi connectivity index (χ0v) is 27.6. The molecular weight excluding hydrogens is 567 g/mol. The van der Waals surface area contributed by atoms with Crippen LogP contribution in [0.4, 0.5) is 17.1 Å². The standard InChI is InChI=1S/C46H39N/c1-45(2)41-20-11-10-19-37(41)38-23-21-36(29-44(38)45)47(34-18-12-17-31(25-34)30-13-6-5-7-14-30)35-22-24-42-40(28-35)39-26-32-15-8-9-16-33(32)27-43(39)46(42,3)4/h5-8,10-15,17-29H,9,16H2,1-4H3. The van der Waals surface area contributed by atoms with E-state index in [1.54, 1.807) is 0 Å². The van der Waals surface area contributed by atoms with Crippen molar-refractivity contribution in [2.75, 3.05) is 4.90 Å². The van der Waals surface area contributed by atoms with E-state index in [2.05, 4.69) is 172 Å². The van der Waals surface area contributed by atoms with Gasteiger partial charge in [-0.1, -0.05) is 125 Å². The topological polar surface area (TPSA) is 3.24 Å². The molecule has 0 unspecified atom stereocenters. The van der Waals surface area contributed by atoms with Crippen molar-refractivity contribution in [2.24, 2.45) is 0 Å². The summed E-state index contributed by atoms with van der Waals surface area (Å²) in [6, 6.07) is 47.9. The second-order valence-electron chi connectivity index (χ2n) is 14.5. The average Bonchev–Trinajstić information content (AvgIpc) is 3.46. The molecule has 0 fully saturated rings. The molecule has 47 heavy (non-hydrogen) atoms. The van der Waals surface area contributed by atoms with Gasteiger partial charge in [-0.05, 0) is 122 Å². The number of benzene rings is 6. The van der Waals surface area contributed by atoms with Crippen molar-refractivity contribution in [3.8, 4) is 33.4 Å². The summed E-state index contributed by atoms with van der Waals surface area (Å²) in [4.78, 5) is 2.47. The Balaban J connectivity index is 1.25. The zero-order chi connectivity index (χ0) is 31.9. The summed E-state index contributed by atoms with van der Waals surface area (Å²) in [5.74, 6) is 0. The van der Waals surface area contributed by atoms with Gasteiger partial charge in [-0.2, -0.15) is 0 Å². The lowest BCUT2D eigenvalue weighted by Crippen LogP contribution is -2.17. The van der Waals surface area contributed by atoms with Gasteiger partial charge in [0, 0.05) is 27.9 Å². The first-order valence-electron chi connectivity index (χ1n) is 17.0. The molecule has 3 aliphatic carbocycles. The van der Waals surface area contributed by atoms with Gasteiger partial charge in [0.2, 0.25) is 0 Å². The molecular formula is C46H39N. The van der Waals surface area contributed by atoms with E-state index >= 15 is 0 Å². The van der Waals surface area contributed by atoms with Crippen LogP contribution in [-0.4, -0.2) is 0 Å². The van der Waals surface area contributed by atoms with Crippen LogP contribution in [-0.2, 0) is 17.3 Å². The number of anilines is 3. The number of rotatable bonds is 4.